The Hall–Kier alpha value is -2.46. The molecule has 0 aliphatic carbocycles. The number of thioether (sulfide) groups is 1. The number of esters is 1. The third-order valence-electron chi connectivity index (χ3n) is 3.08. The first-order valence-corrected chi connectivity index (χ1v) is 9.10. The maximum atomic E-state index is 13.5. The van der Waals surface area contributed by atoms with Crippen molar-refractivity contribution < 1.29 is 27.9 Å². The minimum Gasteiger partial charge on any atom is -0.452 e. The Morgan fingerprint density at radius 1 is 1.31 bits per heavy atom. The van der Waals surface area contributed by atoms with Crippen molar-refractivity contribution in [2.75, 3.05) is 11.1 Å². The summed E-state index contributed by atoms with van der Waals surface area (Å²) in [5, 5.41) is 4.28. The van der Waals surface area contributed by atoms with Gasteiger partial charge in [-0.1, -0.05) is 0 Å². The second-order valence-electron chi connectivity index (χ2n) is 5.01. The molecule has 10 heteroatoms. The van der Waals surface area contributed by atoms with Crippen molar-refractivity contribution >= 4 is 45.9 Å². The molecule has 0 radical (unpaired) electrons. The molecule has 2 aromatic rings. The zero-order valence-corrected chi connectivity index (χ0v) is 15.1. The normalized spacial score (nSPS) is 11.7. The molecule has 0 unspecified atom stereocenters. The highest BCUT2D eigenvalue weighted by molar-refractivity contribution is 8.00. The lowest BCUT2D eigenvalue weighted by molar-refractivity contribution is -0.150. The molecule has 1 heterocycles. The first-order chi connectivity index (χ1) is 12.3. The van der Waals surface area contributed by atoms with Crippen LogP contribution in [0.5, 0.6) is 0 Å². The molecule has 0 fully saturated rings. The summed E-state index contributed by atoms with van der Waals surface area (Å²) in [6.07, 6.45) is -1.15. The molecule has 6 nitrogen and oxygen atoms in total. The predicted octanol–water partition coefficient (Wildman–Crippen LogP) is 2.79. The standard InChI is InChI=1S/C16H14F2N2O4S2/c1-8(15(23)20-16-10(14(19)22)4-5-25-16)24-13(21)7-26-12-6-9(17)2-3-11(12)18/h2-6,8H,7H2,1H3,(H2,19,22)(H,20,23)/t8-/m0/s1. The highest BCUT2D eigenvalue weighted by Crippen LogP contribution is 2.24. The number of rotatable bonds is 7. The van der Waals surface area contributed by atoms with Crippen LogP contribution in [-0.4, -0.2) is 29.6 Å². The molecular formula is C16H14F2N2O4S2. The Kier molecular flexibility index (Phi) is 6.70. The minimum atomic E-state index is -1.15. The van der Waals surface area contributed by atoms with Crippen molar-refractivity contribution in [1.82, 2.24) is 0 Å². The summed E-state index contributed by atoms with van der Waals surface area (Å²) in [4.78, 5) is 35.0. The number of thiophene rings is 1. The maximum absolute atomic E-state index is 13.5. The van der Waals surface area contributed by atoms with E-state index in [1.54, 1.807) is 5.38 Å². The van der Waals surface area contributed by atoms with Crippen molar-refractivity contribution in [2.24, 2.45) is 5.73 Å². The van der Waals surface area contributed by atoms with E-state index in [-0.39, 0.29) is 21.2 Å². The summed E-state index contributed by atoms with van der Waals surface area (Å²) in [5.41, 5.74) is 5.33. The first kappa shape index (κ1) is 19.9. The number of carbonyl (C=O) groups is 3. The van der Waals surface area contributed by atoms with Crippen LogP contribution in [0.1, 0.15) is 17.3 Å². The summed E-state index contributed by atoms with van der Waals surface area (Å²) >= 11 is 1.85. The minimum absolute atomic E-state index is 0.0382. The van der Waals surface area contributed by atoms with E-state index in [1.807, 2.05) is 0 Å². The third-order valence-corrected chi connectivity index (χ3v) is 4.92. The van der Waals surface area contributed by atoms with Crippen LogP contribution in [0.4, 0.5) is 13.8 Å². The van der Waals surface area contributed by atoms with Gasteiger partial charge in [-0.25, -0.2) is 8.78 Å². The van der Waals surface area contributed by atoms with Crippen LogP contribution in [0.2, 0.25) is 0 Å². The van der Waals surface area contributed by atoms with Crippen LogP contribution < -0.4 is 11.1 Å². The number of ether oxygens (including phenoxy) is 1. The van der Waals surface area contributed by atoms with Crippen molar-refractivity contribution in [1.29, 1.82) is 0 Å². The van der Waals surface area contributed by atoms with Gasteiger partial charge in [-0.15, -0.1) is 23.1 Å². The van der Waals surface area contributed by atoms with Crippen LogP contribution in [-0.2, 0) is 14.3 Å². The Morgan fingerprint density at radius 2 is 2.04 bits per heavy atom. The second kappa shape index (κ2) is 8.77. The molecule has 0 saturated carbocycles. The smallest absolute Gasteiger partial charge is 0.317 e. The Labute approximate surface area is 155 Å². The van der Waals surface area contributed by atoms with Crippen molar-refractivity contribution in [2.45, 2.75) is 17.9 Å². The van der Waals surface area contributed by atoms with Crippen LogP contribution in [0, 0.1) is 11.6 Å². The van der Waals surface area contributed by atoms with Gasteiger partial charge in [-0.2, -0.15) is 0 Å². The molecule has 1 aromatic carbocycles. The van der Waals surface area contributed by atoms with Gasteiger partial charge in [0, 0.05) is 4.90 Å². The van der Waals surface area contributed by atoms with E-state index in [1.165, 1.54) is 13.0 Å². The van der Waals surface area contributed by atoms with Gasteiger partial charge in [0.15, 0.2) is 6.10 Å². The highest BCUT2D eigenvalue weighted by atomic mass is 32.2. The van der Waals surface area contributed by atoms with Gasteiger partial charge in [0.25, 0.3) is 11.8 Å². The van der Waals surface area contributed by atoms with E-state index in [9.17, 15) is 23.2 Å². The number of nitrogens with two attached hydrogens (primary N) is 1. The summed E-state index contributed by atoms with van der Waals surface area (Å²) in [5.74, 6) is -3.71. The Morgan fingerprint density at radius 3 is 2.73 bits per heavy atom. The second-order valence-corrected chi connectivity index (χ2v) is 6.95. The number of benzene rings is 1. The number of carbonyl (C=O) groups excluding carboxylic acids is 3. The SMILES string of the molecule is C[C@H](OC(=O)CSc1cc(F)ccc1F)C(=O)Nc1sccc1C(N)=O. The zero-order valence-electron chi connectivity index (χ0n) is 13.5. The largest absolute Gasteiger partial charge is 0.452 e. The summed E-state index contributed by atoms with van der Waals surface area (Å²) in [6.45, 7) is 1.35. The molecule has 0 aliphatic heterocycles. The van der Waals surface area contributed by atoms with Gasteiger partial charge in [-0.3, -0.25) is 14.4 Å². The van der Waals surface area contributed by atoms with Crippen LogP contribution in [0.3, 0.4) is 0 Å². The average molecular weight is 400 g/mol. The van der Waals surface area contributed by atoms with E-state index >= 15 is 0 Å². The summed E-state index contributed by atoms with van der Waals surface area (Å²) in [7, 11) is 0. The zero-order chi connectivity index (χ0) is 19.3. The van der Waals surface area contributed by atoms with Gasteiger partial charge in [0.05, 0.1) is 11.3 Å². The summed E-state index contributed by atoms with van der Waals surface area (Å²) < 4.78 is 31.5. The Bertz CT molecular complexity index is 841. The number of hydrogen-bond donors (Lipinski definition) is 2. The monoisotopic (exact) mass is 400 g/mol. The number of halogens is 2. The van der Waals surface area contributed by atoms with Gasteiger partial charge in [0.1, 0.15) is 16.6 Å². The topological polar surface area (TPSA) is 98.5 Å². The highest BCUT2D eigenvalue weighted by Gasteiger charge is 2.21. The molecule has 0 spiro atoms. The lowest BCUT2D eigenvalue weighted by Gasteiger charge is -2.13. The first-order valence-electron chi connectivity index (χ1n) is 7.23. The van der Waals surface area contributed by atoms with Crippen LogP contribution in [0.15, 0.2) is 34.5 Å². The van der Waals surface area contributed by atoms with Crippen LogP contribution >= 0.6 is 23.1 Å². The van der Waals surface area contributed by atoms with E-state index in [4.69, 9.17) is 10.5 Å². The molecule has 1 aromatic heterocycles. The molecule has 2 rings (SSSR count). The molecule has 138 valence electrons. The lowest BCUT2D eigenvalue weighted by atomic mass is 10.3. The van der Waals surface area contributed by atoms with Crippen LogP contribution in [0.25, 0.3) is 0 Å². The van der Waals surface area contributed by atoms with Crippen molar-refractivity contribution in [3.05, 3.63) is 46.8 Å². The number of anilines is 1. The Balaban J connectivity index is 1.88. The molecule has 2 amide bonds. The maximum Gasteiger partial charge on any atom is 0.317 e. The van der Waals surface area contributed by atoms with Crippen molar-refractivity contribution in [3.8, 4) is 0 Å². The molecule has 1 atom stereocenters. The lowest BCUT2D eigenvalue weighted by Crippen LogP contribution is -2.31. The van der Waals surface area contributed by atoms with Gasteiger partial charge < -0.3 is 15.8 Å². The number of primary amides is 1. The van der Waals surface area contributed by atoms with E-state index < -0.39 is 35.5 Å². The fourth-order valence-electron chi connectivity index (χ4n) is 1.82. The van der Waals surface area contributed by atoms with Gasteiger partial charge >= 0.3 is 5.97 Å². The van der Waals surface area contributed by atoms with E-state index in [0.29, 0.717) is 0 Å². The fourth-order valence-corrected chi connectivity index (χ4v) is 3.36. The molecule has 0 aliphatic rings. The predicted molar refractivity (Wildman–Crippen MR) is 94.1 cm³/mol. The van der Waals surface area contributed by atoms with Gasteiger partial charge in [0.2, 0.25) is 0 Å². The van der Waals surface area contributed by atoms with Crippen molar-refractivity contribution in [3.63, 3.8) is 0 Å². The van der Waals surface area contributed by atoms with E-state index in [2.05, 4.69) is 5.32 Å². The molecule has 0 saturated heterocycles. The number of hydrogen-bond acceptors (Lipinski definition) is 6. The fraction of sp³-hybridized carbons (Fsp3) is 0.188. The molecule has 26 heavy (non-hydrogen) atoms. The van der Waals surface area contributed by atoms with Gasteiger partial charge in [-0.05, 0) is 36.6 Å². The number of nitrogens with one attached hydrogen (secondary N) is 1. The molecule has 3 N–H and O–H groups in total. The quantitative estimate of drug-likeness (QED) is 0.550. The summed E-state index contributed by atoms with van der Waals surface area (Å²) in [6, 6.07) is 4.35. The third kappa shape index (κ3) is 5.27. The van der Waals surface area contributed by atoms with E-state index in [0.717, 1.165) is 41.3 Å². The average Bonchev–Trinajstić information content (AvgIpc) is 3.04. The molecular weight excluding hydrogens is 386 g/mol. The number of amides is 2. The molecule has 0 bridgehead atoms.